The minimum atomic E-state index is -0.163. The van der Waals surface area contributed by atoms with Crippen LogP contribution in [-0.4, -0.2) is 17.5 Å². The van der Waals surface area contributed by atoms with Gasteiger partial charge in [0.2, 0.25) is 0 Å². The van der Waals surface area contributed by atoms with Crippen LogP contribution in [0.4, 0.5) is 5.13 Å². The summed E-state index contributed by atoms with van der Waals surface area (Å²) in [6.45, 7) is 10.9. The molecule has 0 unspecified atom stereocenters. The summed E-state index contributed by atoms with van der Waals surface area (Å²) in [5.74, 6) is 1.27. The second kappa shape index (κ2) is 7.39. The molecule has 4 nitrogen and oxygen atoms in total. The van der Waals surface area contributed by atoms with Crippen LogP contribution >= 0.6 is 11.3 Å². The highest BCUT2D eigenvalue weighted by Crippen LogP contribution is 2.40. The zero-order valence-corrected chi connectivity index (χ0v) is 17.1. The van der Waals surface area contributed by atoms with E-state index < -0.39 is 0 Å². The Morgan fingerprint density at radius 2 is 2.12 bits per heavy atom. The van der Waals surface area contributed by atoms with Crippen molar-refractivity contribution in [3.8, 4) is 5.75 Å². The molecule has 0 fully saturated rings. The van der Waals surface area contributed by atoms with Gasteiger partial charge in [-0.2, -0.15) is 0 Å². The van der Waals surface area contributed by atoms with Crippen LogP contribution in [-0.2, 0) is 17.6 Å². The molecule has 3 rings (SSSR count). The monoisotopic (exact) mass is 372 g/mol. The van der Waals surface area contributed by atoms with Gasteiger partial charge in [-0.3, -0.25) is 10.1 Å². The van der Waals surface area contributed by atoms with Gasteiger partial charge >= 0.3 is 0 Å². The number of hydrogen-bond donors (Lipinski definition) is 1. The number of aryl methyl sites for hydroxylation is 2. The Morgan fingerprint density at radius 3 is 2.85 bits per heavy atom. The molecule has 1 aromatic heterocycles. The minimum absolute atomic E-state index is 0.000837. The van der Waals surface area contributed by atoms with Gasteiger partial charge in [0.15, 0.2) is 11.7 Å². The van der Waals surface area contributed by atoms with Gasteiger partial charge < -0.3 is 4.74 Å². The molecule has 0 bridgehead atoms. The molecule has 1 N–H and O–H groups in total. The second-order valence-corrected chi connectivity index (χ2v) is 9.31. The molecular formula is C21H28N2O2S. The van der Waals surface area contributed by atoms with Gasteiger partial charge in [0.1, 0.15) is 5.75 Å². The summed E-state index contributed by atoms with van der Waals surface area (Å²) in [5.41, 5.74) is 3.69. The first-order valence-corrected chi connectivity index (χ1v) is 10.0. The first kappa shape index (κ1) is 18.9. The van der Waals surface area contributed by atoms with E-state index in [2.05, 4.69) is 31.1 Å². The SMILES string of the molecule is Cc1cccc(OCC(=O)Nc2nc3c(s2)C[C@H](C(C)(C)C)CC3)c1C. The first-order valence-electron chi connectivity index (χ1n) is 9.21. The number of nitrogens with zero attached hydrogens (tertiary/aromatic N) is 1. The standard InChI is InChI=1S/C21H28N2O2S/c1-13-7-6-8-17(14(13)2)25-12-19(24)23-20-22-16-10-9-15(21(3,4)5)11-18(16)26-20/h6-8,15H,9-12H2,1-5H3,(H,22,23,24)/t15-/m1/s1. The predicted octanol–water partition coefficient (Wildman–Crippen LogP) is 4.93. The van der Waals surface area contributed by atoms with Crippen molar-refractivity contribution in [3.05, 3.63) is 39.9 Å². The van der Waals surface area contributed by atoms with Crippen molar-refractivity contribution in [2.75, 3.05) is 11.9 Å². The van der Waals surface area contributed by atoms with E-state index in [-0.39, 0.29) is 12.5 Å². The van der Waals surface area contributed by atoms with Crippen LogP contribution in [0.5, 0.6) is 5.75 Å². The quantitative estimate of drug-likeness (QED) is 0.828. The third-order valence-electron chi connectivity index (χ3n) is 5.32. The van der Waals surface area contributed by atoms with Gasteiger partial charge in [-0.15, -0.1) is 11.3 Å². The fourth-order valence-electron chi connectivity index (χ4n) is 3.35. The molecule has 0 aliphatic heterocycles. The van der Waals surface area contributed by atoms with Crippen molar-refractivity contribution >= 4 is 22.4 Å². The highest BCUT2D eigenvalue weighted by molar-refractivity contribution is 7.15. The molecule has 1 heterocycles. The summed E-state index contributed by atoms with van der Waals surface area (Å²) in [6.07, 6.45) is 3.23. The lowest BCUT2D eigenvalue weighted by Gasteiger charge is -2.33. The van der Waals surface area contributed by atoms with Gasteiger partial charge in [-0.1, -0.05) is 32.9 Å². The lowest BCUT2D eigenvalue weighted by atomic mass is 9.73. The number of fused-ring (bicyclic) bond motifs is 1. The Labute approximate surface area is 160 Å². The summed E-state index contributed by atoms with van der Waals surface area (Å²) in [7, 11) is 0. The number of benzene rings is 1. The fraction of sp³-hybridized carbons (Fsp3) is 0.524. The largest absolute Gasteiger partial charge is 0.483 e. The highest BCUT2D eigenvalue weighted by atomic mass is 32.1. The second-order valence-electron chi connectivity index (χ2n) is 8.23. The van der Waals surface area contributed by atoms with Crippen LogP contribution in [0, 0.1) is 25.2 Å². The average Bonchev–Trinajstić information content (AvgIpc) is 2.96. The normalized spacial score (nSPS) is 16.9. The molecule has 1 aromatic carbocycles. The van der Waals surface area contributed by atoms with E-state index >= 15 is 0 Å². The highest BCUT2D eigenvalue weighted by Gasteiger charge is 2.30. The summed E-state index contributed by atoms with van der Waals surface area (Å²) in [4.78, 5) is 18.2. The van der Waals surface area contributed by atoms with E-state index in [0.29, 0.717) is 16.5 Å². The Bertz CT molecular complexity index is 805. The van der Waals surface area contributed by atoms with Gasteiger partial charge in [-0.05, 0) is 61.6 Å². The summed E-state index contributed by atoms with van der Waals surface area (Å²) in [5, 5.41) is 3.59. The van der Waals surface area contributed by atoms with Crippen molar-refractivity contribution in [1.29, 1.82) is 0 Å². The number of carbonyl (C=O) groups is 1. The van der Waals surface area contributed by atoms with Gasteiger partial charge in [-0.25, -0.2) is 4.98 Å². The molecule has 0 radical (unpaired) electrons. The Morgan fingerprint density at radius 1 is 1.35 bits per heavy atom. The Balaban J connectivity index is 1.59. The molecule has 1 aliphatic carbocycles. The van der Waals surface area contributed by atoms with Crippen molar-refractivity contribution < 1.29 is 9.53 Å². The molecule has 1 amide bonds. The van der Waals surface area contributed by atoms with Crippen molar-refractivity contribution in [1.82, 2.24) is 4.98 Å². The van der Waals surface area contributed by atoms with Crippen molar-refractivity contribution in [2.45, 2.75) is 53.9 Å². The molecule has 2 aromatic rings. The number of rotatable bonds is 4. The van der Waals surface area contributed by atoms with Gasteiger partial charge in [0.05, 0.1) is 5.69 Å². The van der Waals surface area contributed by atoms with Crippen molar-refractivity contribution in [2.24, 2.45) is 11.3 Å². The van der Waals surface area contributed by atoms with E-state index in [1.165, 1.54) is 11.3 Å². The molecule has 140 valence electrons. The maximum Gasteiger partial charge on any atom is 0.264 e. The van der Waals surface area contributed by atoms with Crippen molar-refractivity contribution in [3.63, 3.8) is 0 Å². The molecule has 0 saturated heterocycles. The molecule has 1 atom stereocenters. The van der Waals surface area contributed by atoms with E-state index in [1.54, 1.807) is 11.3 Å². The van der Waals surface area contributed by atoms with Gasteiger partial charge in [0.25, 0.3) is 5.91 Å². The smallest absolute Gasteiger partial charge is 0.264 e. The van der Waals surface area contributed by atoms with Gasteiger partial charge in [0, 0.05) is 4.88 Å². The van der Waals surface area contributed by atoms with Crippen LogP contribution < -0.4 is 10.1 Å². The summed E-state index contributed by atoms with van der Waals surface area (Å²) >= 11 is 1.61. The fourth-order valence-corrected chi connectivity index (χ4v) is 4.45. The minimum Gasteiger partial charge on any atom is -0.483 e. The summed E-state index contributed by atoms with van der Waals surface area (Å²) < 4.78 is 5.68. The lowest BCUT2D eigenvalue weighted by molar-refractivity contribution is -0.118. The maximum absolute atomic E-state index is 12.2. The third-order valence-corrected chi connectivity index (χ3v) is 6.36. The zero-order valence-electron chi connectivity index (χ0n) is 16.3. The van der Waals surface area contributed by atoms with E-state index in [4.69, 9.17) is 4.74 Å². The van der Waals surface area contributed by atoms with Crippen LogP contribution in [0.15, 0.2) is 18.2 Å². The Kier molecular flexibility index (Phi) is 5.37. The summed E-state index contributed by atoms with van der Waals surface area (Å²) in [6, 6.07) is 5.87. The van der Waals surface area contributed by atoms with E-state index in [0.717, 1.165) is 35.4 Å². The first-order chi connectivity index (χ1) is 12.2. The zero-order chi connectivity index (χ0) is 18.9. The number of hydrogen-bond acceptors (Lipinski definition) is 4. The topological polar surface area (TPSA) is 51.2 Å². The number of thiazole rings is 1. The molecular weight excluding hydrogens is 344 g/mol. The molecule has 1 aliphatic rings. The molecule has 0 spiro atoms. The third kappa shape index (κ3) is 4.26. The number of anilines is 1. The van der Waals surface area contributed by atoms with Crippen LogP contribution in [0.25, 0.3) is 0 Å². The number of aromatic nitrogens is 1. The number of ether oxygens (including phenoxy) is 1. The predicted molar refractivity (Wildman–Crippen MR) is 107 cm³/mol. The number of amides is 1. The van der Waals surface area contributed by atoms with Crippen LogP contribution in [0.1, 0.15) is 48.9 Å². The number of nitrogens with one attached hydrogen (secondary N) is 1. The Hall–Kier alpha value is -1.88. The lowest BCUT2D eigenvalue weighted by Crippen LogP contribution is -2.26. The number of carbonyl (C=O) groups excluding carboxylic acids is 1. The maximum atomic E-state index is 12.2. The van der Waals surface area contributed by atoms with E-state index in [9.17, 15) is 4.79 Å². The molecule has 0 saturated carbocycles. The van der Waals surface area contributed by atoms with Crippen LogP contribution in [0.2, 0.25) is 0 Å². The molecule has 5 heteroatoms. The average molecular weight is 373 g/mol. The molecule has 26 heavy (non-hydrogen) atoms. The van der Waals surface area contributed by atoms with E-state index in [1.807, 2.05) is 32.0 Å². The van der Waals surface area contributed by atoms with Crippen LogP contribution in [0.3, 0.4) is 0 Å².